The molecule has 0 bridgehead atoms. The summed E-state index contributed by atoms with van der Waals surface area (Å²) in [6, 6.07) is 10.3. The summed E-state index contributed by atoms with van der Waals surface area (Å²) in [5, 5.41) is 16.7. The SMILES string of the molecule is OCCN1CCc2[nH]nc(-c3ccccc3)c2CC1. The maximum atomic E-state index is 9.05. The molecule has 0 saturated heterocycles. The van der Waals surface area contributed by atoms with E-state index in [1.165, 1.54) is 16.8 Å². The van der Waals surface area contributed by atoms with Gasteiger partial charge in [-0.05, 0) is 6.42 Å². The van der Waals surface area contributed by atoms with Gasteiger partial charge in [-0.3, -0.25) is 5.10 Å². The summed E-state index contributed by atoms with van der Waals surface area (Å²) in [6.07, 6.45) is 1.98. The van der Waals surface area contributed by atoms with Gasteiger partial charge in [0, 0.05) is 42.9 Å². The fourth-order valence-corrected chi connectivity index (χ4v) is 2.73. The Morgan fingerprint density at radius 3 is 2.74 bits per heavy atom. The van der Waals surface area contributed by atoms with Crippen LogP contribution in [0.3, 0.4) is 0 Å². The third kappa shape index (κ3) is 2.55. The van der Waals surface area contributed by atoms with Gasteiger partial charge in [0.2, 0.25) is 0 Å². The fraction of sp³-hybridized carbons (Fsp3) is 0.400. The Balaban J connectivity index is 1.86. The van der Waals surface area contributed by atoms with E-state index < -0.39 is 0 Å². The molecule has 100 valence electrons. The molecule has 0 unspecified atom stereocenters. The third-order valence-corrected chi connectivity index (χ3v) is 3.77. The minimum Gasteiger partial charge on any atom is -0.395 e. The number of hydrogen-bond donors (Lipinski definition) is 2. The van der Waals surface area contributed by atoms with Gasteiger partial charge < -0.3 is 10.0 Å². The lowest BCUT2D eigenvalue weighted by atomic mass is 10.0. The van der Waals surface area contributed by atoms with E-state index in [-0.39, 0.29) is 6.61 Å². The quantitative estimate of drug-likeness (QED) is 0.875. The molecule has 2 aromatic rings. The number of β-amino-alcohol motifs (C(OH)–C–C–N with tert-alkyl or cyclic N) is 1. The van der Waals surface area contributed by atoms with Gasteiger partial charge in [-0.1, -0.05) is 30.3 Å². The summed E-state index contributed by atoms with van der Waals surface area (Å²) < 4.78 is 0. The molecule has 1 aromatic carbocycles. The third-order valence-electron chi connectivity index (χ3n) is 3.77. The molecule has 1 aliphatic heterocycles. The lowest BCUT2D eigenvalue weighted by Gasteiger charge is -2.17. The average molecular weight is 257 g/mol. The van der Waals surface area contributed by atoms with Crippen LogP contribution in [0.4, 0.5) is 0 Å². The summed E-state index contributed by atoms with van der Waals surface area (Å²) in [5.74, 6) is 0. The molecule has 0 aliphatic carbocycles. The van der Waals surface area contributed by atoms with Crippen LogP contribution in [-0.2, 0) is 12.8 Å². The molecule has 0 fully saturated rings. The van der Waals surface area contributed by atoms with Crippen molar-refractivity contribution < 1.29 is 5.11 Å². The van der Waals surface area contributed by atoms with Gasteiger partial charge in [-0.25, -0.2) is 0 Å². The number of nitrogens with one attached hydrogen (secondary N) is 1. The smallest absolute Gasteiger partial charge is 0.0955 e. The van der Waals surface area contributed by atoms with Crippen LogP contribution in [-0.4, -0.2) is 46.4 Å². The zero-order valence-electron chi connectivity index (χ0n) is 11.0. The highest BCUT2D eigenvalue weighted by atomic mass is 16.3. The van der Waals surface area contributed by atoms with Gasteiger partial charge in [-0.2, -0.15) is 5.10 Å². The normalized spacial score (nSPS) is 16.1. The number of H-pyrrole nitrogens is 1. The Morgan fingerprint density at radius 1 is 1.16 bits per heavy atom. The number of benzene rings is 1. The Kier molecular flexibility index (Phi) is 3.62. The van der Waals surface area contributed by atoms with E-state index >= 15 is 0 Å². The highest BCUT2D eigenvalue weighted by Crippen LogP contribution is 2.26. The number of hydrogen-bond acceptors (Lipinski definition) is 3. The first-order valence-corrected chi connectivity index (χ1v) is 6.83. The molecule has 0 spiro atoms. The molecule has 0 amide bonds. The molecular weight excluding hydrogens is 238 g/mol. The first kappa shape index (κ1) is 12.4. The molecule has 3 rings (SSSR count). The summed E-state index contributed by atoms with van der Waals surface area (Å²) >= 11 is 0. The fourth-order valence-electron chi connectivity index (χ4n) is 2.73. The van der Waals surface area contributed by atoms with E-state index in [1.54, 1.807) is 0 Å². The van der Waals surface area contributed by atoms with E-state index in [9.17, 15) is 0 Å². The molecule has 0 atom stereocenters. The van der Waals surface area contributed by atoms with E-state index in [1.807, 2.05) is 18.2 Å². The predicted molar refractivity (Wildman–Crippen MR) is 75.0 cm³/mol. The van der Waals surface area contributed by atoms with Gasteiger partial charge in [0.25, 0.3) is 0 Å². The average Bonchev–Trinajstić information content (AvgIpc) is 2.76. The predicted octanol–water partition coefficient (Wildman–Crippen LogP) is 1.47. The van der Waals surface area contributed by atoms with Crippen molar-refractivity contribution in [3.63, 3.8) is 0 Å². The van der Waals surface area contributed by atoms with Gasteiger partial charge in [0.05, 0.1) is 12.3 Å². The van der Waals surface area contributed by atoms with E-state index in [4.69, 9.17) is 5.11 Å². The van der Waals surface area contributed by atoms with Crippen LogP contribution in [0, 0.1) is 0 Å². The maximum Gasteiger partial charge on any atom is 0.0955 e. The van der Waals surface area contributed by atoms with E-state index in [0.717, 1.165) is 38.2 Å². The molecule has 4 heteroatoms. The van der Waals surface area contributed by atoms with Crippen molar-refractivity contribution in [1.82, 2.24) is 15.1 Å². The summed E-state index contributed by atoms with van der Waals surface area (Å²) in [4.78, 5) is 2.31. The van der Waals surface area contributed by atoms with E-state index in [2.05, 4.69) is 27.2 Å². The molecule has 0 radical (unpaired) electrons. The van der Waals surface area contributed by atoms with Crippen molar-refractivity contribution in [2.24, 2.45) is 0 Å². The van der Waals surface area contributed by atoms with Gasteiger partial charge in [0.1, 0.15) is 0 Å². The van der Waals surface area contributed by atoms with Gasteiger partial charge in [-0.15, -0.1) is 0 Å². The van der Waals surface area contributed by atoms with Crippen LogP contribution in [0.15, 0.2) is 30.3 Å². The Hall–Kier alpha value is -1.65. The van der Waals surface area contributed by atoms with Crippen LogP contribution in [0.5, 0.6) is 0 Å². The number of nitrogens with zero attached hydrogens (tertiary/aromatic N) is 2. The number of aromatic nitrogens is 2. The molecule has 1 aliphatic rings. The summed E-state index contributed by atoms with van der Waals surface area (Å²) in [6.45, 7) is 2.98. The first-order valence-electron chi connectivity index (χ1n) is 6.83. The topological polar surface area (TPSA) is 52.1 Å². The first-order chi connectivity index (χ1) is 9.38. The number of aromatic amines is 1. The minimum atomic E-state index is 0.234. The molecule has 1 aromatic heterocycles. The highest BCUT2D eigenvalue weighted by Gasteiger charge is 2.19. The highest BCUT2D eigenvalue weighted by molar-refractivity contribution is 5.64. The van der Waals surface area contributed by atoms with Crippen LogP contribution >= 0.6 is 0 Å². The lowest BCUT2D eigenvalue weighted by Crippen LogP contribution is -2.29. The van der Waals surface area contributed by atoms with Crippen molar-refractivity contribution in [3.05, 3.63) is 41.6 Å². The molecular formula is C15H19N3O. The van der Waals surface area contributed by atoms with Crippen LogP contribution < -0.4 is 0 Å². The summed E-state index contributed by atoms with van der Waals surface area (Å²) in [5.41, 5.74) is 4.85. The maximum absolute atomic E-state index is 9.05. The Morgan fingerprint density at radius 2 is 1.95 bits per heavy atom. The number of aliphatic hydroxyl groups is 1. The van der Waals surface area contributed by atoms with Crippen LogP contribution in [0.1, 0.15) is 11.3 Å². The second kappa shape index (κ2) is 5.55. The molecule has 4 nitrogen and oxygen atoms in total. The van der Waals surface area contributed by atoms with Crippen LogP contribution in [0.2, 0.25) is 0 Å². The minimum absolute atomic E-state index is 0.234. The van der Waals surface area contributed by atoms with Crippen molar-refractivity contribution >= 4 is 0 Å². The number of rotatable bonds is 3. The van der Waals surface area contributed by atoms with Crippen molar-refractivity contribution in [3.8, 4) is 11.3 Å². The zero-order chi connectivity index (χ0) is 13.1. The molecule has 2 N–H and O–H groups in total. The standard InChI is InChI=1S/C15H19N3O/c19-11-10-18-8-6-13-14(7-9-18)16-17-15(13)12-4-2-1-3-5-12/h1-5,19H,6-11H2,(H,16,17). The van der Waals surface area contributed by atoms with Crippen LogP contribution in [0.25, 0.3) is 11.3 Å². The Labute approximate surface area is 113 Å². The van der Waals surface area contributed by atoms with Gasteiger partial charge in [0.15, 0.2) is 0 Å². The largest absolute Gasteiger partial charge is 0.395 e. The second-order valence-electron chi connectivity index (χ2n) is 4.96. The molecule has 2 heterocycles. The molecule has 19 heavy (non-hydrogen) atoms. The zero-order valence-corrected chi connectivity index (χ0v) is 11.0. The summed E-state index contributed by atoms with van der Waals surface area (Å²) in [7, 11) is 0. The van der Waals surface area contributed by atoms with Crippen molar-refractivity contribution in [1.29, 1.82) is 0 Å². The lowest BCUT2D eigenvalue weighted by molar-refractivity contribution is 0.201. The Bertz CT molecular complexity index is 536. The molecule has 0 saturated carbocycles. The number of fused-ring (bicyclic) bond motifs is 1. The van der Waals surface area contributed by atoms with Gasteiger partial charge >= 0.3 is 0 Å². The number of aliphatic hydroxyl groups excluding tert-OH is 1. The second-order valence-corrected chi connectivity index (χ2v) is 4.96. The van der Waals surface area contributed by atoms with E-state index in [0.29, 0.717) is 0 Å². The van der Waals surface area contributed by atoms with Crippen molar-refractivity contribution in [2.75, 3.05) is 26.2 Å². The van der Waals surface area contributed by atoms with Crippen molar-refractivity contribution in [2.45, 2.75) is 12.8 Å². The monoisotopic (exact) mass is 257 g/mol.